The second-order valence-electron chi connectivity index (χ2n) is 31.9. The minimum absolute atomic E-state index is 1.16. The Balaban J connectivity index is 0.000000101. The van der Waals surface area contributed by atoms with E-state index >= 15 is 0 Å². The topological polar surface area (TPSA) is 34.5 Å². The molecule has 27 rings (SSSR count). The molecule has 0 fully saturated rings. The monoisotopic (exact) mass is 1570 g/mol. The van der Waals surface area contributed by atoms with Crippen molar-refractivity contribution in [3.8, 4) is 50.9 Å². The number of hydrogen-bond donors (Lipinski definition) is 0. The fourth-order valence-electron chi connectivity index (χ4n) is 20.0. The van der Waals surface area contributed by atoms with Crippen molar-refractivity contribution in [3.05, 3.63) is 443 Å². The number of thiophene rings is 1. The Morgan fingerprint density at radius 3 is 0.639 bits per heavy atom. The Morgan fingerprint density at radius 1 is 0.115 bits per heavy atom. The Kier molecular flexibility index (Phi) is 15.8. The molecule has 0 aliphatic rings. The minimum Gasteiger partial charge on any atom is -0.309 e. The Hall–Kier alpha value is -16.0. The average molecular weight is 1570 g/mol. The fourth-order valence-corrected chi connectivity index (χ4v) is 21.1. The first-order valence-electron chi connectivity index (χ1n) is 41.8. The Labute approximate surface area is 704 Å². The van der Waals surface area contributed by atoms with E-state index in [1.54, 1.807) is 0 Å². The van der Waals surface area contributed by atoms with Gasteiger partial charge in [-0.2, -0.15) is 0 Å². The molecule has 0 bridgehead atoms. The second-order valence-corrected chi connectivity index (χ2v) is 32.9. The maximum Gasteiger partial charge on any atom is 0.0542 e. The highest BCUT2D eigenvalue weighted by Crippen LogP contribution is 2.45. The number of hydrogen-bond acceptors (Lipinski definition) is 1. The van der Waals surface area contributed by atoms with Crippen LogP contribution in [0.5, 0.6) is 0 Å². The summed E-state index contributed by atoms with van der Waals surface area (Å²) in [6.45, 7) is 0. The van der Waals surface area contributed by atoms with Crippen LogP contribution in [-0.4, -0.2) is 32.0 Å². The Morgan fingerprint density at radius 2 is 0.320 bits per heavy atom. The summed E-state index contributed by atoms with van der Waals surface area (Å²) in [7, 11) is 0. The third-order valence-corrected chi connectivity index (χ3v) is 26.4. The van der Waals surface area contributed by atoms with Crippen molar-refractivity contribution in [1.82, 2.24) is 32.0 Å². The van der Waals surface area contributed by atoms with Crippen molar-refractivity contribution < 1.29 is 0 Å². The quantitative estimate of drug-likeness (QED) is 0.145. The van der Waals surface area contributed by atoms with Crippen LogP contribution in [0.4, 0.5) is 0 Å². The molecule has 0 saturated heterocycles. The first-order valence-corrected chi connectivity index (χ1v) is 42.6. The van der Waals surface area contributed by atoms with E-state index in [-0.39, 0.29) is 0 Å². The number of benzene rings is 19. The van der Waals surface area contributed by atoms with E-state index in [4.69, 9.17) is 0 Å². The second kappa shape index (κ2) is 27.8. The van der Waals surface area contributed by atoms with Gasteiger partial charge >= 0.3 is 0 Å². The molecule has 19 aromatic carbocycles. The number of rotatable bonds is 8. The molecule has 0 aliphatic carbocycles. The van der Waals surface area contributed by atoms with E-state index in [9.17, 15) is 0 Å². The van der Waals surface area contributed by atoms with Crippen molar-refractivity contribution in [2.45, 2.75) is 0 Å². The lowest BCUT2D eigenvalue weighted by Gasteiger charge is -2.11. The maximum absolute atomic E-state index is 2.42. The molecule has 7 nitrogen and oxygen atoms in total. The fraction of sp³-hybridized carbons (Fsp3) is 0. The van der Waals surface area contributed by atoms with E-state index in [1.165, 1.54) is 218 Å². The molecule has 0 spiro atoms. The molecule has 0 aliphatic heterocycles. The zero-order chi connectivity index (χ0) is 80.0. The van der Waals surface area contributed by atoms with Gasteiger partial charge in [-0.05, 0) is 193 Å². The molecule has 122 heavy (non-hydrogen) atoms. The average Bonchev–Trinajstić information content (AvgIpc) is 1.58. The highest BCUT2D eigenvalue weighted by molar-refractivity contribution is 7.25. The van der Waals surface area contributed by atoms with Crippen molar-refractivity contribution in [1.29, 1.82) is 0 Å². The van der Waals surface area contributed by atoms with E-state index < -0.39 is 0 Å². The molecule has 0 unspecified atom stereocenters. The van der Waals surface area contributed by atoms with Gasteiger partial charge in [-0.15, -0.1) is 11.3 Å². The third kappa shape index (κ3) is 10.8. The molecule has 27 aromatic rings. The molecular formula is C114H73N7S. The van der Waals surface area contributed by atoms with Gasteiger partial charge in [0, 0.05) is 135 Å². The number of fused-ring (bicyclic) bond motifs is 24. The van der Waals surface area contributed by atoms with Crippen LogP contribution >= 0.6 is 11.3 Å². The van der Waals surface area contributed by atoms with Crippen LogP contribution in [-0.2, 0) is 0 Å². The van der Waals surface area contributed by atoms with Gasteiger partial charge in [-0.1, -0.05) is 261 Å². The summed E-state index contributed by atoms with van der Waals surface area (Å²) in [6, 6.07) is 161. The summed E-state index contributed by atoms with van der Waals surface area (Å²) in [5.41, 5.74) is 27.8. The van der Waals surface area contributed by atoms with Crippen molar-refractivity contribution in [2.75, 3.05) is 0 Å². The van der Waals surface area contributed by atoms with Crippen molar-refractivity contribution in [3.63, 3.8) is 0 Å². The van der Waals surface area contributed by atoms with Gasteiger partial charge in [-0.3, -0.25) is 0 Å². The normalized spacial score (nSPS) is 11.9. The Bertz CT molecular complexity index is 8760. The standard InChI is InChI=1S/C42H27N3.C36H22N2S.C36H24N2/c1-2-12-28(13-3-1)43-39-20-10-6-16-33(39)35-27-30(22-24-41(35)43)45-40-21-11-7-17-34(40)36-26-29(23-25-42(36)45)44-37-18-8-4-14-31(37)32-15-5-9-19-38(32)44;1-5-13-31-25(9-1)26-10-2-6-14-32(26)37(31)23-17-19-34-29(21-23)27-11-3-7-15-33(27)38(34)24-18-20-36-30(22-24)28-12-4-8-16-35(28)39-36;1-2-11-25(12-3-1)26-13-10-14-27(23-26)37-35-20-9-6-17-31(35)32-24-28(21-22-36(32)37)38-33-18-7-4-15-29(33)30-16-5-8-19-34(30)38/h1-27H;1-22H;1-24H. The van der Waals surface area contributed by atoms with Crippen LogP contribution in [0, 0.1) is 0 Å². The predicted molar refractivity (Wildman–Crippen MR) is 518 cm³/mol. The summed E-state index contributed by atoms with van der Waals surface area (Å²) in [5.74, 6) is 0. The van der Waals surface area contributed by atoms with Gasteiger partial charge in [0.15, 0.2) is 0 Å². The zero-order valence-electron chi connectivity index (χ0n) is 66.2. The van der Waals surface area contributed by atoms with Gasteiger partial charge in [-0.25, -0.2) is 0 Å². The van der Waals surface area contributed by atoms with Gasteiger partial charge in [0.2, 0.25) is 0 Å². The first-order chi connectivity index (χ1) is 60.6. The number of aromatic nitrogens is 7. The summed E-state index contributed by atoms with van der Waals surface area (Å²) in [4.78, 5) is 0. The zero-order valence-corrected chi connectivity index (χ0v) is 67.0. The molecule has 570 valence electrons. The first kappa shape index (κ1) is 69.2. The van der Waals surface area contributed by atoms with Gasteiger partial charge < -0.3 is 32.0 Å². The van der Waals surface area contributed by atoms with Gasteiger partial charge in [0.25, 0.3) is 0 Å². The number of nitrogens with zero attached hydrogens (tertiary/aromatic N) is 7. The van der Waals surface area contributed by atoms with Crippen LogP contribution in [0.15, 0.2) is 443 Å². The molecule has 8 heterocycles. The van der Waals surface area contributed by atoms with E-state index in [2.05, 4.69) is 475 Å². The molecule has 0 atom stereocenters. The van der Waals surface area contributed by atoms with Gasteiger partial charge in [0.05, 0.1) is 77.2 Å². The highest BCUT2D eigenvalue weighted by Gasteiger charge is 2.23. The van der Waals surface area contributed by atoms with Gasteiger partial charge in [0.1, 0.15) is 0 Å². The minimum atomic E-state index is 1.16. The van der Waals surface area contributed by atoms with E-state index in [0.717, 1.165) is 5.69 Å². The highest BCUT2D eigenvalue weighted by atomic mass is 32.1. The molecule has 8 heteroatoms. The van der Waals surface area contributed by atoms with Crippen LogP contribution in [0.1, 0.15) is 0 Å². The van der Waals surface area contributed by atoms with Crippen molar-refractivity contribution >= 4 is 184 Å². The maximum atomic E-state index is 2.42. The van der Waals surface area contributed by atoms with Crippen molar-refractivity contribution in [2.24, 2.45) is 0 Å². The lowest BCUT2D eigenvalue weighted by Crippen LogP contribution is -1.96. The summed E-state index contributed by atoms with van der Waals surface area (Å²) >= 11 is 1.86. The van der Waals surface area contributed by atoms with E-state index in [0.29, 0.717) is 0 Å². The summed E-state index contributed by atoms with van der Waals surface area (Å²) < 4.78 is 19.5. The molecule has 0 radical (unpaired) electrons. The predicted octanol–water partition coefficient (Wildman–Crippen LogP) is 30.8. The van der Waals surface area contributed by atoms with Crippen LogP contribution in [0.25, 0.3) is 224 Å². The molecular weight excluding hydrogens is 1500 g/mol. The van der Waals surface area contributed by atoms with E-state index in [1.807, 2.05) is 11.3 Å². The summed E-state index contributed by atoms with van der Waals surface area (Å²) in [5, 5.41) is 20.4. The largest absolute Gasteiger partial charge is 0.309 e. The smallest absolute Gasteiger partial charge is 0.0542 e. The number of para-hydroxylation sites is 11. The molecule has 8 aromatic heterocycles. The van der Waals surface area contributed by atoms with Crippen LogP contribution in [0.2, 0.25) is 0 Å². The van der Waals surface area contributed by atoms with Crippen LogP contribution in [0.3, 0.4) is 0 Å². The summed E-state index contributed by atoms with van der Waals surface area (Å²) in [6.07, 6.45) is 0. The molecule has 0 amide bonds. The lowest BCUT2D eigenvalue weighted by molar-refractivity contribution is 1.16. The SMILES string of the molecule is c1ccc(-c2cccc(-n3c4ccccc4c4cc(-n5c6ccccc6c6ccccc65)ccc43)c2)cc1.c1ccc(-n2c3ccccc3c3cc(-n4c5ccccc5c5cc(-n6c7ccccc7c7ccccc76)ccc54)ccc32)cc1.c1ccc2c(c1)sc1ccc(-n3c4ccccc4c4cc(-n5c6ccccc6c6ccccc65)ccc43)cc12. The lowest BCUT2D eigenvalue weighted by atomic mass is 10.1. The third-order valence-electron chi connectivity index (χ3n) is 25.2. The molecule has 0 N–H and O–H groups in total. The van der Waals surface area contributed by atoms with Crippen LogP contribution < -0.4 is 0 Å². The molecule has 0 saturated carbocycles.